The molecule has 0 aliphatic heterocycles. The van der Waals surface area contributed by atoms with E-state index < -0.39 is 5.41 Å². The van der Waals surface area contributed by atoms with Crippen molar-refractivity contribution in [1.29, 1.82) is 0 Å². The smallest absolute Gasteiger partial charge is 0.156 e. The molecule has 65 heavy (non-hydrogen) atoms. The van der Waals surface area contributed by atoms with Gasteiger partial charge < -0.3 is 0 Å². The maximum Gasteiger partial charge on any atom is 0.156 e. The fourth-order valence-electron chi connectivity index (χ4n) is 11.1. The van der Waals surface area contributed by atoms with Crippen molar-refractivity contribution < 1.29 is 0 Å². The van der Waals surface area contributed by atoms with Crippen molar-refractivity contribution in [2.24, 2.45) is 0 Å². The van der Waals surface area contributed by atoms with Crippen LogP contribution in [-0.4, -0.2) is 9.38 Å². The van der Waals surface area contributed by atoms with Crippen LogP contribution in [0.3, 0.4) is 0 Å². The fraction of sp³-hybridized carbons (Fsp3) is 0.0161. The monoisotopic (exact) mass is 842 g/mol. The Morgan fingerprint density at radius 1 is 0.369 bits per heavy atom. The SMILES string of the molecule is c1ccc(C2(c3ccccc3)c3ccccc3-c3cc(-c4ccc(-c5ccc(-c6cc7c8ccc9ccccc9c8sc7c7nc8c9ccccc9ccc8n67)cc5)cc4)ccc32)cc1. The van der Waals surface area contributed by atoms with Gasteiger partial charge in [0.15, 0.2) is 5.65 Å². The lowest BCUT2D eigenvalue weighted by molar-refractivity contribution is 0.768. The number of fused-ring (bicyclic) bond motifs is 14. The number of pyridine rings is 1. The third kappa shape index (κ3) is 5.25. The minimum Gasteiger partial charge on any atom is -0.291 e. The van der Waals surface area contributed by atoms with Gasteiger partial charge in [0.25, 0.3) is 0 Å². The van der Waals surface area contributed by atoms with Crippen LogP contribution in [0.5, 0.6) is 0 Å². The number of aromatic nitrogens is 2. The fourth-order valence-corrected chi connectivity index (χ4v) is 12.4. The van der Waals surface area contributed by atoms with E-state index in [0.717, 1.165) is 27.9 Å². The largest absolute Gasteiger partial charge is 0.291 e. The maximum absolute atomic E-state index is 5.47. The van der Waals surface area contributed by atoms with Gasteiger partial charge in [0.1, 0.15) is 0 Å². The van der Waals surface area contributed by atoms with E-state index in [2.05, 4.69) is 235 Å². The zero-order chi connectivity index (χ0) is 42.6. The van der Waals surface area contributed by atoms with Crippen LogP contribution in [0.1, 0.15) is 22.3 Å². The molecule has 302 valence electrons. The highest BCUT2D eigenvalue weighted by Crippen LogP contribution is 2.56. The lowest BCUT2D eigenvalue weighted by Crippen LogP contribution is -2.28. The molecule has 14 rings (SSSR count). The molecule has 1 aliphatic rings. The molecule has 0 radical (unpaired) electrons. The van der Waals surface area contributed by atoms with Crippen molar-refractivity contribution in [3.05, 3.63) is 253 Å². The Morgan fingerprint density at radius 3 is 1.65 bits per heavy atom. The van der Waals surface area contributed by atoms with Gasteiger partial charge in [-0.2, -0.15) is 0 Å². The minimum atomic E-state index is -0.397. The highest BCUT2D eigenvalue weighted by Gasteiger charge is 2.46. The molecular formula is C62H38N2S. The van der Waals surface area contributed by atoms with Gasteiger partial charge >= 0.3 is 0 Å². The first-order valence-electron chi connectivity index (χ1n) is 22.4. The summed E-state index contributed by atoms with van der Waals surface area (Å²) in [6.45, 7) is 0. The molecule has 0 atom stereocenters. The first-order valence-corrected chi connectivity index (χ1v) is 23.2. The Morgan fingerprint density at radius 2 is 0.923 bits per heavy atom. The third-order valence-electron chi connectivity index (χ3n) is 14.1. The van der Waals surface area contributed by atoms with E-state index in [4.69, 9.17) is 4.98 Å². The number of imidazole rings is 1. The molecule has 0 spiro atoms. The molecule has 2 nitrogen and oxygen atoms in total. The number of thiophene rings is 1. The summed E-state index contributed by atoms with van der Waals surface area (Å²) in [5.74, 6) is 0. The van der Waals surface area contributed by atoms with Crippen LogP contribution in [-0.2, 0) is 5.41 Å². The standard InChI is InChI=1S/C62H38N2S/c1-3-15-46(16-4-1)62(47-17-5-2-6-18-47)54-22-12-11-21-50(54)52-37-45(32-35-55(52)62)41-25-23-39(24-26-41)40-27-29-44(30-28-40)57-38-53-51-34-31-43-14-8-10-20-49(43)59(51)65-60(53)61-63-58-48-19-9-7-13-42(48)33-36-56(58)64(57)61/h1-38H. The Labute approximate surface area is 380 Å². The zero-order valence-corrected chi connectivity index (χ0v) is 36.1. The number of rotatable bonds is 5. The number of hydrogen-bond donors (Lipinski definition) is 0. The van der Waals surface area contributed by atoms with Gasteiger partial charge in [-0.1, -0.05) is 212 Å². The maximum atomic E-state index is 5.47. The van der Waals surface area contributed by atoms with Crippen LogP contribution in [0.25, 0.3) is 103 Å². The number of hydrogen-bond acceptors (Lipinski definition) is 2. The number of nitrogens with zero attached hydrogens (tertiary/aromatic N) is 2. The van der Waals surface area contributed by atoms with E-state index in [1.807, 2.05) is 11.3 Å². The number of benzene rings is 10. The molecule has 0 unspecified atom stereocenters. The van der Waals surface area contributed by atoms with Crippen molar-refractivity contribution in [2.45, 2.75) is 5.41 Å². The second-order valence-corrected chi connectivity index (χ2v) is 18.4. The summed E-state index contributed by atoms with van der Waals surface area (Å²) in [6.07, 6.45) is 0. The topological polar surface area (TPSA) is 17.3 Å². The van der Waals surface area contributed by atoms with Gasteiger partial charge in [0, 0.05) is 20.9 Å². The van der Waals surface area contributed by atoms with Crippen LogP contribution in [0, 0.1) is 0 Å². The van der Waals surface area contributed by atoms with Crippen LogP contribution < -0.4 is 0 Å². The first-order chi connectivity index (χ1) is 32.2. The first kappa shape index (κ1) is 36.4. The summed E-state index contributed by atoms with van der Waals surface area (Å²) in [4.78, 5) is 5.47. The second-order valence-electron chi connectivity index (χ2n) is 17.4. The van der Waals surface area contributed by atoms with Gasteiger partial charge in [-0.3, -0.25) is 4.40 Å². The van der Waals surface area contributed by atoms with Crippen LogP contribution >= 0.6 is 11.3 Å². The lowest BCUT2D eigenvalue weighted by atomic mass is 9.67. The molecular weight excluding hydrogens is 805 g/mol. The molecule has 0 amide bonds. The summed E-state index contributed by atoms with van der Waals surface area (Å²) in [5, 5.41) is 7.46. The predicted octanol–water partition coefficient (Wildman–Crippen LogP) is 16.5. The molecule has 0 bridgehead atoms. The molecule has 3 aromatic heterocycles. The Balaban J connectivity index is 0.864. The molecule has 0 fully saturated rings. The van der Waals surface area contributed by atoms with E-state index in [1.54, 1.807) is 0 Å². The summed E-state index contributed by atoms with van der Waals surface area (Å²) in [6, 6.07) is 85.0. The zero-order valence-electron chi connectivity index (χ0n) is 35.2. The lowest BCUT2D eigenvalue weighted by Gasteiger charge is -2.33. The Bertz CT molecular complexity index is 3990. The quantitative estimate of drug-likeness (QED) is 0.169. The van der Waals surface area contributed by atoms with Crippen molar-refractivity contribution in [1.82, 2.24) is 9.38 Å². The Hall–Kier alpha value is -8.11. The van der Waals surface area contributed by atoms with Gasteiger partial charge in [-0.25, -0.2) is 4.98 Å². The van der Waals surface area contributed by atoms with Gasteiger partial charge in [0.2, 0.25) is 0 Å². The van der Waals surface area contributed by atoms with E-state index >= 15 is 0 Å². The average molecular weight is 843 g/mol. The third-order valence-corrected chi connectivity index (χ3v) is 15.3. The van der Waals surface area contributed by atoms with E-state index in [9.17, 15) is 0 Å². The summed E-state index contributed by atoms with van der Waals surface area (Å²) in [5.41, 5.74) is 17.7. The minimum absolute atomic E-state index is 0.397. The molecule has 10 aromatic carbocycles. The molecule has 0 N–H and O–H groups in total. The molecule has 3 heteroatoms. The average Bonchev–Trinajstić information content (AvgIpc) is 4.06. The van der Waals surface area contributed by atoms with Gasteiger partial charge in [0.05, 0.1) is 26.8 Å². The van der Waals surface area contributed by atoms with Gasteiger partial charge in [-0.05, 0) is 95.6 Å². The van der Waals surface area contributed by atoms with Gasteiger partial charge in [-0.15, -0.1) is 11.3 Å². The van der Waals surface area contributed by atoms with Crippen molar-refractivity contribution in [2.75, 3.05) is 0 Å². The van der Waals surface area contributed by atoms with Crippen LogP contribution in [0.15, 0.2) is 231 Å². The molecule has 0 saturated carbocycles. The van der Waals surface area contributed by atoms with E-state index in [0.29, 0.717) is 0 Å². The molecule has 3 heterocycles. The predicted molar refractivity (Wildman–Crippen MR) is 274 cm³/mol. The highest BCUT2D eigenvalue weighted by molar-refractivity contribution is 7.27. The Kier molecular flexibility index (Phi) is 7.80. The molecule has 13 aromatic rings. The van der Waals surface area contributed by atoms with Crippen LogP contribution in [0.4, 0.5) is 0 Å². The van der Waals surface area contributed by atoms with E-state index in [1.165, 1.54) is 97.4 Å². The second kappa shape index (κ2) is 13.9. The van der Waals surface area contributed by atoms with Crippen molar-refractivity contribution in [3.8, 4) is 44.6 Å². The summed E-state index contributed by atoms with van der Waals surface area (Å²) < 4.78 is 4.92. The highest BCUT2D eigenvalue weighted by atomic mass is 32.1. The van der Waals surface area contributed by atoms with Crippen molar-refractivity contribution >= 4 is 69.7 Å². The van der Waals surface area contributed by atoms with Crippen LogP contribution in [0.2, 0.25) is 0 Å². The summed E-state index contributed by atoms with van der Waals surface area (Å²) >= 11 is 1.86. The van der Waals surface area contributed by atoms with E-state index in [-0.39, 0.29) is 0 Å². The summed E-state index contributed by atoms with van der Waals surface area (Å²) in [7, 11) is 0. The normalized spacial score (nSPS) is 13.0. The molecule has 1 aliphatic carbocycles. The van der Waals surface area contributed by atoms with Crippen molar-refractivity contribution in [3.63, 3.8) is 0 Å². The molecule has 0 saturated heterocycles.